The second-order valence-electron chi connectivity index (χ2n) is 3.39. The molecule has 0 bridgehead atoms. The zero-order valence-corrected chi connectivity index (χ0v) is 10.7. The van der Waals surface area contributed by atoms with Crippen LogP contribution < -0.4 is 5.32 Å². The van der Waals surface area contributed by atoms with Gasteiger partial charge in [-0.3, -0.25) is 0 Å². The first-order chi connectivity index (χ1) is 6.81. The van der Waals surface area contributed by atoms with Gasteiger partial charge in [0.15, 0.2) is 0 Å². The van der Waals surface area contributed by atoms with Crippen LogP contribution in [0.25, 0.3) is 0 Å². The molecule has 0 aromatic carbocycles. The highest BCUT2D eigenvalue weighted by Crippen LogP contribution is 2.11. The monoisotopic (exact) mass is 219 g/mol. The third-order valence-corrected chi connectivity index (χ3v) is 3.44. The molecule has 1 atom stereocenters. The van der Waals surface area contributed by atoms with Gasteiger partial charge in [0.2, 0.25) is 0 Å². The molecule has 3 heteroatoms. The molecule has 0 aromatic heterocycles. The van der Waals surface area contributed by atoms with Crippen LogP contribution in [0.15, 0.2) is 0 Å². The molecule has 0 aromatic rings. The topological polar surface area (TPSA) is 21.3 Å². The van der Waals surface area contributed by atoms with Crippen molar-refractivity contribution in [2.75, 3.05) is 32.1 Å². The number of thioether (sulfide) groups is 1. The predicted molar refractivity (Wildman–Crippen MR) is 66.2 cm³/mol. The molecule has 0 spiro atoms. The van der Waals surface area contributed by atoms with E-state index in [0.717, 1.165) is 38.0 Å². The van der Waals surface area contributed by atoms with E-state index in [2.05, 4.69) is 30.9 Å². The summed E-state index contributed by atoms with van der Waals surface area (Å²) in [6, 6.07) is 0. The van der Waals surface area contributed by atoms with Crippen molar-refractivity contribution in [1.82, 2.24) is 5.32 Å². The average molecular weight is 219 g/mol. The van der Waals surface area contributed by atoms with Gasteiger partial charge in [-0.2, -0.15) is 11.8 Å². The van der Waals surface area contributed by atoms with Crippen molar-refractivity contribution in [3.05, 3.63) is 0 Å². The number of hydrogen-bond donors (Lipinski definition) is 1. The van der Waals surface area contributed by atoms with Gasteiger partial charge in [-0.1, -0.05) is 13.8 Å². The summed E-state index contributed by atoms with van der Waals surface area (Å²) in [4.78, 5) is 0. The Hall–Kier alpha value is 0.270. The molecule has 0 fully saturated rings. The molecule has 0 aliphatic carbocycles. The van der Waals surface area contributed by atoms with Gasteiger partial charge in [-0.05, 0) is 26.3 Å². The van der Waals surface area contributed by atoms with Crippen molar-refractivity contribution in [3.63, 3.8) is 0 Å². The molecule has 0 saturated carbocycles. The summed E-state index contributed by atoms with van der Waals surface area (Å²) in [6.45, 7) is 10.5. The Kier molecular flexibility index (Phi) is 11.6. The first-order valence-corrected chi connectivity index (χ1v) is 6.76. The maximum absolute atomic E-state index is 5.25. The molecule has 86 valence electrons. The zero-order chi connectivity index (χ0) is 10.6. The van der Waals surface area contributed by atoms with Crippen molar-refractivity contribution in [2.24, 2.45) is 0 Å². The van der Waals surface area contributed by atoms with Gasteiger partial charge in [0.05, 0.1) is 0 Å². The zero-order valence-electron chi connectivity index (χ0n) is 9.84. The minimum atomic E-state index is 0.806. The first-order valence-electron chi connectivity index (χ1n) is 5.71. The highest BCUT2D eigenvalue weighted by molar-refractivity contribution is 7.99. The van der Waals surface area contributed by atoms with Crippen molar-refractivity contribution in [2.45, 2.75) is 38.9 Å². The van der Waals surface area contributed by atoms with E-state index in [1.807, 2.05) is 6.92 Å². The smallest absolute Gasteiger partial charge is 0.0477 e. The van der Waals surface area contributed by atoms with Crippen LogP contribution >= 0.6 is 11.8 Å². The Morgan fingerprint density at radius 3 is 2.71 bits per heavy atom. The molecular weight excluding hydrogens is 194 g/mol. The van der Waals surface area contributed by atoms with Crippen LogP contribution in [0, 0.1) is 0 Å². The standard InChI is InChI=1S/C11H25NOS/c1-4-11(3)14-10-8-12-7-6-9-13-5-2/h11-12H,4-10H2,1-3H3. The lowest BCUT2D eigenvalue weighted by Gasteiger charge is -2.08. The van der Waals surface area contributed by atoms with Gasteiger partial charge in [0.25, 0.3) is 0 Å². The van der Waals surface area contributed by atoms with E-state index in [1.165, 1.54) is 12.2 Å². The summed E-state index contributed by atoms with van der Waals surface area (Å²) in [7, 11) is 0. The third kappa shape index (κ3) is 10.4. The van der Waals surface area contributed by atoms with Gasteiger partial charge >= 0.3 is 0 Å². The lowest BCUT2D eigenvalue weighted by Crippen LogP contribution is -2.20. The van der Waals surface area contributed by atoms with Crippen molar-refractivity contribution in [1.29, 1.82) is 0 Å². The van der Waals surface area contributed by atoms with Gasteiger partial charge in [0.1, 0.15) is 0 Å². The average Bonchev–Trinajstić information content (AvgIpc) is 2.21. The van der Waals surface area contributed by atoms with Crippen LogP contribution in [0.4, 0.5) is 0 Å². The molecule has 1 unspecified atom stereocenters. The van der Waals surface area contributed by atoms with Gasteiger partial charge in [-0.25, -0.2) is 0 Å². The highest BCUT2D eigenvalue weighted by Gasteiger charge is 1.97. The summed E-state index contributed by atoms with van der Waals surface area (Å²) in [5.74, 6) is 1.23. The fourth-order valence-electron chi connectivity index (χ4n) is 1.02. The Balaban J connectivity index is 2.92. The van der Waals surface area contributed by atoms with Crippen LogP contribution in [-0.4, -0.2) is 37.3 Å². The Morgan fingerprint density at radius 1 is 1.29 bits per heavy atom. The summed E-state index contributed by atoms with van der Waals surface area (Å²) in [5.41, 5.74) is 0. The maximum Gasteiger partial charge on any atom is 0.0477 e. The molecule has 0 heterocycles. The second-order valence-corrected chi connectivity index (χ2v) is 4.94. The van der Waals surface area contributed by atoms with E-state index in [1.54, 1.807) is 0 Å². The minimum absolute atomic E-state index is 0.806. The molecule has 1 N–H and O–H groups in total. The van der Waals surface area contributed by atoms with Gasteiger partial charge < -0.3 is 10.1 Å². The first kappa shape index (κ1) is 14.3. The van der Waals surface area contributed by atoms with E-state index < -0.39 is 0 Å². The van der Waals surface area contributed by atoms with Crippen molar-refractivity contribution < 1.29 is 4.74 Å². The molecular formula is C11H25NOS. The van der Waals surface area contributed by atoms with Crippen molar-refractivity contribution in [3.8, 4) is 0 Å². The molecule has 0 amide bonds. The van der Waals surface area contributed by atoms with E-state index in [0.29, 0.717) is 0 Å². The quantitative estimate of drug-likeness (QED) is 0.571. The molecule has 0 aliphatic heterocycles. The summed E-state index contributed by atoms with van der Waals surface area (Å²) in [6.07, 6.45) is 2.40. The highest BCUT2D eigenvalue weighted by atomic mass is 32.2. The summed E-state index contributed by atoms with van der Waals surface area (Å²) >= 11 is 2.05. The lowest BCUT2D eigenvalue weighted by molar-refractivity contribution is 0.145. The van der Waals surface area contributed by atoms with E-state index in [4.69, 9.17) is 4.74 Å². The molecule has 0 saturated heterocycles. The van der Waals surface area contributed by atoms with E-state index >= 15 is 0 Å². The molecule has 0 aliphatic rings. The predicted octanol–water partition coefficient (Wildman–Crippen LogP) is 2.53. The lowest BCUT2D eigenvalue weighted by atomic mass is 10.4. The Bertz CT molecular complexity index is 111. The SMILES string of the molecule is CCOCCCNCCSC(C)CC. The largest absolute Gasteiger partial charge is 0.382 e. The minimum Gasteiger partial charge on any atom is -0.382 e. The summed E-state index contributed by atoms with van der Waals surface area (Å²) in [5, 5.41) is 4.23. The van der Waals surface area contributed by atoms with E-state index in [-0.39, 0.29) is 0 Å². The number of hydrogen-bond acceptors (Lipinski definition) is 3. The van der Waals surface area contributed by atoms with Crippen LogP contribution in [0.5, 0.6) is 0 Å². The second kappa shape index (κ2) is 11.3. The molecule has 2 nitrogen and oxygen atoms in total. The van der Waals surface area contributed by atoms with E-state index in [9.17, 15) is 0 Å². The van der Waals surface area contributed by atoms with Crippen LogP contribution in [0.2, 0.25) is 0 Å². The Morgan fingerprint density at radius 2 is 2.07 bits per heavy atom. The van der Waals surface area contributed by atoms with Crippen LogP contribution in [0.1, 0.15) is 33.6 Å². The molecule has 14 heavy (non-hydrogen) atoms. The van der Waals surface area contributed by atoms with Crippen molar-refractivity contribution >= 4 is 11.8 Å². The fraction of sp³-hybridized carbons (Fsp3) is 1.00. The Labute approximate surface area is 93.2 Å². The normalized spacial score (nSPS) is 13.1. The number of nitrogens with one attached hydrogen (secondary N) is 1. The number of rotatable bonds is 10. The molecule has 0 radical (unpaired) electrons. The van der Waals surface area contributed by atoms with Gasteiger partial charge in [-0.15, -0.1) is 0 Å². The fourth-order valence-corrected chi connectivity index (χ4v) is 1.92. The van der Waals surface area contributed by atoms with Gasteiger partial charge in [0, 0.05) is 30.8 Å². The number of ether oxygens (including phenoxy) is 1. The maximum atomic E-state index is 5.25. The van der Waals surface area contributed by atoms with Crippen LogP contribution in [-0.2, 0) is 4.74 Å². The van der Waals surface area contributed by atoms with Crippen LogP contribution in [0.3, 0.4) is 0 Å². The summed E-state index contributed by atoms with van der Waals surface area (Å²) < 4.78 is 5.25. The molecule has 0 rings (SSSR count). The third-order valence-electron chi connectivity index (χ3n) is 2.10.